The Labute approximate surface area is 156 Å². The van der Waals surface area contributed by atoms with Crippen molar-refractivity contribution < 1.29 is 4.79 Å². The Morgan fingerprint density at radius 3 is 2.85 bits per heavy atom. The lowest BCUT2D eigenvalue weighted by Crippen LogP contribution is -2.34. The van der Waals surface area contributed by atoms with Crippen molar-refractivity contribution in [2.24, 2.45) is 0 Å². The van der Waals surface area contributed by atoms with Gasteiger partial charge in [-0.05, 0) is 37.5 Å². The van der Waals surface area contributed by atoms with E-state index < -0.39 is 0 Å². The number of hydrogen-bond acceptors (Lipinski definition) is 6. The van der Waals surface area contributed by atoms with Gasteiger partial charge in [0, 0.05) is 36.2 Å². The van der Waals surface area contributed by atoms with Crippen LogP contribution in [0.2, 0.25) is 0 Å². The molecule has 5 rings (SSSR count). The summed E-state index contributed by atoms with van der Waals surface area (Å²) in [5, 5.41) is 14.3. The maximum atomic E-state index is 12.4. The fraction of sp³-hybridized carbons (Fsp3) is 0.368. The first-order valence-electron chi connectivity index (χ1n) is 9.32. The summed E-state index contributed by atoms with van der Waals surface area (Å²) in [6.45, 7) is 1.91. The third kappa shape index (κ3) is 3.48. The molecule has 3 aromatic rings. The summed E-state index contributed by atoms with van der Waals surface area (Å²) in [6, 6.07) is 6.83. The minimum absolute atomic E-state index is 0.272. The van der Waals surface area contributed by atoms with Crippen LogP contribution in [0.3, 0.4) is 0 Å². The first kappa shape index (κ1) is 16.2. The Kier molecular flexibility index (Phi) is 3.97. The molecule has 1 amide bonds. The molecule has 1 saturated heterocycles. The molecule has 1 saturated carbocycles. The van der Waals surface area contributed by atoms with Crippen LogP contribution in [0.5, 0.6) is 0 Å². The van der Waals surface area contributed by atoms with Crippen LogP contribution in [0.25, 0.3) is 10.9 Å². The van der Waals surface area contributed by atoms with E-state index in [1.165, 1.54) is 12.8 Å². The zero-order valence-electron chi connectivity index (χ0n) is 14.9. The fourth-order valence-electron chi connectivity index (χ4n) is 3.51. The fourth-order valence-corrected chi connectivity index (χ4v) is 3.51. The highest BCUT2D eigenvalue weighted by molar-refractivity contribution is 6.03. The molecule has 1 atom stereocenters. The lowest BCUT2D eigenvalue weighted by atomic mass is 10.2. The van der Waals surface area contributed by atoms with Crippen molar-refractivity contribution in [2.45, 2.75) is 31.3 Å². The smallest absolute Gasteiger partial charge is 0.275 e. The molecule has 138 valence electrons. The molecule has 1 aliphatic heterocycles. The molecule has 3 N–H and O–H groups in total. The van der Waals surface area contributed by atoms with Crippen molar-refractivity contribution >= 4 is 28.3 Å². The second-order valence-electron chi connectivity index (χ2n) is 7.26. The van der Waals surface area contributed by atoms with Crippen molar-refractivity contribution in [2.75, 3.05) is 23.3 Å². The molecule has 1 aliphatic carbocycles. The van der Waals surface area contributed by atoms with E-state index in [2.05, 4.69) is 35.7 Å². The molecule has 2 aromatic heterocycles. The lowest BCUT2D eigenvalue weighted by Gasteiger charge is -2.17. The van der Waals surface area contributed by atoms with Crippen LogP contribution in [-0.2, 0) is 0 Å². The molecule has 0 radical (unpaired) electrons. The van der Waals surface area contributed by atoms with Crippen LogP contribution in [0.4, 0.5) is 11.5 Å². The highest BCUT2D eigenvalue weighted by Gasteiger charge is 2.29. The van der Waals surface area contributed by atoms with E-state index in [1.54, 1.807) is 18.6 Å². The van der Waals surface area contributed by atoms with Gasteiger partial charge in [0.15, 0.2) is 0 Å². The Balaban J connectivity index is 1.23. The van der Waals surface area contributed by atoms with E-state index in [0.29, 0.717) is 23.5 Å². The topological polar surface area (TPSA) is 98.8 Å². The van der Waals surface area contributed by atoms with Crippen LogP contribution >= 0.6 is 0 Å². The predicted molar refractivity (Wildman–Crippen MR) is 103 cm³/mol. The molecule has 3 heterocycles. The number of rotatable bonds is 5. The number of aromatic amines is 1. The highest BCUT2D eigenvalue weighted by Crippen LogP contribution is 2.24. The summed E-state index contributed by atoms with van der Waals surface area (Å²) in [5.41, 5.74) is 1.93. The summed E-state index contributed by atoms with van der Waals surface area (Å²) in [6.07, 6.45) is 8.68. The van der Waals surface area contributed by atoms with Gasteiger partial charge in [0.05, 0.1) is 24.1 Å². The zero-order chi connectivity index (χ0) is 18.2. The van der Waals surface area contributed by atoms with Crippen LogP contribution in [0.1, 0.15) is 29.8 Å². The third-order valence-electron chi connectivity index (χ3n) is 5.13. The number of amides is 1. The second kappa shape index (κ2) is 6.62. The molecule has 0 unspecified atom stereocenters. The van der Waals surface area contributed by atoms with E-state index in [1.807, 2.05) is 18.2 Å². The summed E-state index contributed by atoms with van der Waals surface area (Å²) in [4.78, 5) is 23.4. The van der Waals surface area contributed by atoms with E-state index in [-0.39, 0.29) is 5.91 Å². The van der Waals surface area contributed by atoms with Crippen LogP contribution in [0.15, 0.2) is 36.8 Å². The van der Waals surface area contributed by atoms with Gasteiger partial charge in [-0.3, -0.25) is 9.89 Å². The molecular weight excluding hydrogens is 342 g/mol. The van der Waals surface area contributed by atoms with E-state index >= 15 is 0 Å². The Hall–Kier alpha value is -3.00. The van der Waals surface area contributed by atoms with E-state index in [4.69, 9.17) is 0 Å². The average molecular weight is 363 g/mol. The number of anilines is 2. The average Bonchev–Trinajstić information content (AvgIpc) is 3.17. The number of nitrogens with zero attached hydrogens (tertiary/aromatic N) is 4. The standard InChI is InChI=1S/C19H21N7O/c27-19(24-14-3-4-16-12(7-14)8-22-25-16)17-9-21-18(10-20-17)26-6-5-15(11-26)23-13-1-2-13/h3-4,7-10,13,15,23H,1-2,5-6,11H2,(H,22,25)(H,24,27)/t15-/m1/s1. The van der Waals surface area contributed by atoms with Crippen LogP contribution in [-0.4, -0.2) is 51.2 Å². The Bertz CT molecular complexity index is 964. The molecule has 1 aromatic carbocycles. The molecule has 8 heteroatoms. The van der Waals surface area contributed by atoms with Gasteiger partial charge >= 0.3 is 0 Å². The molecule has 27 heavy (non-hydrogen) atoms. The largest absolute Gasteiger partial charge is 0.354 e. The third-order valence-corrected chi connectivity index (χ3v) is 5.13. The van der Waals surface area contributed by atoms with Crippen molar-refractivity contribution in [3.05, 3.63) is 42.5 Å². The van der Waals surface area contributed by atoms with Gasteiger partial charge in [-0.1, -0.05) is 0 Å². The monoisotopic (exact) mass is 363 g/mol. The van der Waals surface area contributed by atoms with E-state index in [0.717, 1.165) is 36.2 Å². The summed E-state index contributed by atoms with van der Waals surface area (Å²) >= 11 is 0. The molecule has 2 aliphatic rings. The number of hydrogen-bond donors (Lipinski definition) is 3. The molecular formula is C19H21N7O. The normalized spacial score (nSPS) is 19.6. The zero-order valence-corrected chi connectivity index (χ0v) is 14.9. The van der Waals surface area contributed by atoms with Crippen molar-refractivity contribution in [1.82, 2.24) is 25.5 Å². The number of fused-ring (bicyclic) bond motifs is 1. The lowest BCUT2D eigenvalue weighted by molar-refractivity contribution is 0.102. The highest BCUT2D eigenvalue weighted by atomic mass is 16.1. The van der Waals surface area contributed by atoms with E-state index in [9.17, 15) is 4.79 Å². The van der Waals surface area contributed by atoms with Crippen LogP contribution in [0, 0.1) is 0 Å². The SMILES string of the molecule is O=C(Nc1ccc2[nH]ncc2c1)c1cnc(N2CC[C@@H](NC3CC3)C2)cn1. The first-order valence-corrected chi connectivity index (χ1v) is 9.32. The molecule has 2 fully saturated rings. The quantitative estimate of drug-likeness (QED) is 0.641. The first-order chi connectivity index (χ1) is 13.2. The molecule has 0 spiro atoms. The summed E-state index contributed by atoms with van der Waals surface area (Å²) in [7, 11) is 0. The number of carbonyl (C=O) groups is 1. The van der Waals surface area contributed by atoms with Gasteiger partial charge in [-0.25, -0.2) is 9.97 Å². The number of H-pyrrole nitrogens is 1. The van der Waals surface area contributed by atoms with Crippen molar-refractivity contribution in [3.8, 4) is 0 Å². The van der Waals surface area contributed by atoms with Gasteiger partial charge in [0.1, 0.15) is 11.5 Å². The van der Waals surface area contributed by atoms with Crippen molar-refractivity contribution in [1.29, 1.82) is 0 Å². The summed E-state index contributed by atoms with van der Waals surface area (Å²) < 4.78 is 0. The Morgan fingerprint density at radius 2 is 2.04 bits per heavy atom. The Morgan fingerprint density at radius 1 is 1.11 bits per heavy atom. The summed E-state index contributed by atoms with van der Waals surface area (Å²) in [5.74, 6) is 0.554. The van der Waals surface area contributed by atoms with Gasteiger partial charge in [0.2, 0.25) is 0 Å². The number of benzene rings is 1. The van der Waals surface area contributed by atoms with Gasteiger partial charge in [-0.2, -0.15) is 5.10 Å². The minimum atomic E-state index is -0.272. The van der Waals surface area contributed by atoms with Crippen LogP contribution < -0.4 is 15.5 Å². The number of aromatic nitrogens is 4. The molecule has 0 bridgehead atoms. The predicted octanol–water partition coefficient (Wildman–Crippen LogP) is 1.94. The maximum absolute atomic E-state index is 12.4. The molecule has 8 nitrogen and oxygen atoms in total. The van der Waals surface area contributed by atoms with Gasteiger partial charge in [0.25, 0.3) is 5.91 Å². The van der Waals surface area contributed by atoms with Gasteiger partial charge in [-0.15, -0.1) is 0 Å². The number of nitrogens with one attached hydrogen (secondary N) is 3. The minimum Gasteiger partial charge on any atom is -0.354 e. The van der Waals surface area contributed by atoms with Crippen molar-refractivity contribution in [3.63, 3.8) is 0 Å². The van der Waals surface area contributed by atoms with Gasteiger partial charge < -0.3 is 15.5 Å². The second-order valence-corrected chi connectivity index (χ2v) is 7.26. The number of carbonyl (C=O) groups excluding carboxylic acids is 1. The maximum Gasteiger partial charge on any atom is 0.275 e.